The van der Waals surface area contributed by atoms with Gasteiger partial charge >= 0.3 is 6.61 Å². The van der Waals surface area contributed by atoms with Crippen molar-refractivity contribution in [3.63, 3.8) is 0 Å². The van der Waals surface area contributed by atoms with Crippen LogP contribution in [0.5, 0.6) is 5.75 Å². The predicted molar refractivity (Wildman–Crippen MR) is 73.7 cm³/mol. The topological polar surface area (TPSA) is 41.5 Å². The molecule has 0 saturated carbocycles. The Morgan fingerprint density at radius 3 is 2.61 bits per heavy atom. The molecule has 1 unspecified atom stereocenters. The zero-order valence-electron chi connectivity index (χ0n) is 8.97. The van der Waals surface area contributed by atoms with Crippen molar-refractivity contribution in [3.05, 3.63) is 21.1 Å². The Hall–Kier alpha value is -0.110. The van der Waals surface area contributed by atoms with Gasteiger partial charge in [0.25, 0.3) is 0 Å². The molecule has 1 rings (SSSR count). The Bertz CT molecular complexity index is 410. The van der Waals surface area contributed by atoms with Gasteiger partial charge in [0.1, 0.15) is 0 Å². The number of aliphatic hydroxyl groups excluding tert-OH is 1. The molecule has 0 aliphatic heterocycles. The molecule has 0 radical (unpaired) electrons. The minimum absolute atomic E-state index is 0.0203. The Morgan fingerprint density at radius 2 is 2.06 bits per heavy atom. The lowest BCUT2D eigenvalue weighted by molar-refractivity contribution is -0.0494. The SMILES string of the molecule is OC(CCl)CNc1c(Br)cc(Br)cc1OC(F)F. The van der Waals surface area contributed by atoms with E-state index in [1.807, 2.05) is 0 Å². The molecule has 0 bridgehead atoms. The smallest absolute Gasteiger partial charge is 0.387 e. The molecule has 18 heavy (non-hydrogen) atoms. The van der Waals surface area contributed by atoms with E-state index in [1.165, 1.54) is 6.07 Å². The minimum atomic E-state index is -2.93. The Morgan fingerprint density at radius 1 is 1.39 bits per heavy atom. The fourth-order valence-electron chi connectivity index (χ4n) is 1.18. The summed E-state index contributed by atoms with van der Waals surface area (Å²) in [6, 6.07) is 3.08. The number of hydrogen-bond donors (Lipinski definition) is 2. The molecule has 1 atom stereocenters. The van der Waals surface area contributed by atoms with Gasteiger partial charge in [-0.05, 0) is 28.1 Å². The van der Waals surface area contributed by atoms with Gasteiger partial charge in [-0.3, -0.25) is 0 Å². The van der Waals surface area contributed by atoms with Crippen LogP contribution in [0.2, 0.25) is 0 Å². The van der Waals surface area contributed by atoms with E-state index in [-0.39, 0.29) is 18.2 Å². The highest BCUT2D eigenvalue weighted by atomic mass is 79.9. The Kier molecular flexibility index (Phi) is 6.62. The zero-order valence-corrected chi connectivity index (χ0v) is 12.9. The van der Waals surface area contributed by atoms with Gasteiger partial charge in [0, 0.05) is 15.5 Å². The molecule has 0 spiro atoms. The van der Waals surface area contributed by atoms with Crippen molar-refractivity contribution in [1.82, 2.24) is 0 Å². The van der Waals surface area contributed by atoms with Crippen LogP contribution in [0.3, 0.4) is 0 Å². The standard InChI is InChI=1S/C10H10Br2ClF2NO2/c11-5-1-7(12)9(16-4-6(17)3-13)8(2-5)18-10(14)15/h1-2,6,10,16-17H,3-4H2. The lowest BCUT2D eigenvalue weighted by Crippen LogP contribution is -2.21. The highest BCUT2D eigenvalue weighted by molar-refractivity contribution is 9.11. The van der Waals surface area contributed by atoms with Crippen LogP contribution >= 0.6 is 43.5 Å². The summed E-state index contributed by atoms with van der Waals surface area (Å²) in [4.78, 5) is 0. The average Bonchev–Trinajstić information content (AvgIpc) is 2.26. The van der Waals surface area contributed by atoms with Crippen LogP contribution in [0.25, 0.3) is 0 Å². The van der Waals surface area contributed by atoms with Crippen molar-refractivity contribution in [2.75, 3.05) is 17.7 Å². The highest BCUT2D eigenvalue weighted by Gasteiger charge is 2.15. The molecule has 3 nitrogen and oxygen atoms in total. The van der Waals surface area contributed by atoms with Gasteiger partial charge in [-0.1, -0.05) is 15.9 Å². The largest absolute Gasteiger partial charge is 0.433 e. The molecule has 2 N–H and O–H groups in total. The fraction of sp³-hybridized carbons (Fsp3) is 0.400. The minimum Gasteiger partial charge on any atom is -0.433 e. The number of halogens is 5. The molecule has 0 fully saturated rings. The molecule has 8 heteroatoms. The summed E-state index contributed by atoms with van der Waals surface area (Å²) in [7, 11) is 0. The summed E-state index contributed by atoms with van der Waals surface area (Å²) in [6.45, 7) is -2.80. The van der Waals surface area contributed by atoms with Crippen molar-refractivity contribution in [2.24, 2.45) is 0 Å². The van der Waals surface area contributed by atoms with Crippen molar-refractivity contribution in [1.29, 1.82) is 0 Å². The third-order valence-corrected chi connectivity index (χ3v) is 3.37. The number of rotatable bonds is 6. The van der Waals surface area contributed by atoms with E-state index in [0.29, 0.717) is 14.6 Å². The van der Waals surface area contributed by atoms with Gasteiger partial charge < -0.3 is 15.2 Å². The molecule has 1 aromatic carbocycles. The third kappa shape index (κ3) is 4.87. The summed E-state index contributed by atoms with van der Waals surface area (Å²) < 4.78 is 30.1. The summed E-state index contributed by atoms with van der Waals surface area (Å²) in [5.74, 6) is 0.0275. The van der Waals surface area contributed by atoms with Crippen LogP contribution in [-0.4, -0.2) is 30.2 Å². The van der Waals surface area contributed by atoms with Crippen LogP contribution in [0.1, 0.15) is 0 Å². The Balaban J connectivity index is 2.92. The average molecular weight is 409 g/mol. The molecule has 1 aromatic rings. The van der Waals surface area contributed by atoms with Crippen molar-refractivity contribution in [3.8, 4) is 5.75 Å². The second-order valence-corrected chi connectivity index (χ2v) is 5.41. The van der Waals surface area contributed by atoms with Gasteiger partial charge in [0.15, 0.2) is 5.75 Å². The van der Waals surface area contributed by atoms with E-state index < -0.39 is 12.7 Å². The van der Waals surface area contributed by atoms with Crippen LogP contribution in [0.4, 0.5) is 14.5 Å². The number of hydrogen-bond acceptors (Lipinski definition) is 3. The number of anilines is 1. The number of alkyl halides is 3. The second kappa shape index (κ2) is 7.47. The lowest BCUT2D eigenvalue weighted by atomic mass is 10.2. The van der Waals surface area contributed by atoms with Crippen LogP contribution in [-0.2, 0) is 0 Å². The Labute approximate surface area is 125 Å². The predicted octanol–water partition coefficient (Wildman–Crippen LogP) is 3.82. The number of aliphatic hydroxyl groups is 1. The van der Waals surface area contributed by atoms with Gasteiger partial charge in [-0.2, -0.15) is 8.78 Å². The van der Waals surface area contributed by atoms with Crippen LogP contribution in [0, 0.1) is 0 Å². The molecule has 0 amide bonds. The zero-order chi connectivity index (χ0) is 13.7. The maximum Gasteiger partial charge on any atom is 0.387 e. The molecule has 0 saturated heterocycles. The van der Waals surface area contributed by atoms with Gasteiger partial charge in [-0.25, -0.2) is 0 Å². The summed E-state index contributed by atoms with van der Waals surface area (Å²) >= 11 is 11.9. The molecular weight excluding hydrogens is 399 g/mol. The molecule has 0 aliphatic rings. The van der Waals surface area contributed by atoms with E-state index in [2.05, 4.69) is 41.9 Å². The first-order valence-electron chi connectivity index (χ1n) is 4.85. The van der Waals surface area contributed by atoms with Crippen LogP contribution < -0.4 is 10.1 Å². The quantitative estimate of drug-likeness (QED) is 0.702. The van der Waals surface area contributed by atoms with Crippen LogP contribution in [0.15, 0.2) is 21.1 Å². The second-order valence-electron chi connectivity index (χ2n) is 3.33. The maximum absolute atomic E-state index is 12.3. The molecule has 0 aromatic heterocycles. The first-order valence-corrected chi connectivity index (χ1v) is 6.97. The first-order chi connectivity index (χ1) is 8.43. The number of ether oxygens (including phenoxy) is 1. The highest BCUT2D eigenvalue weighted by Crippen LogP contribution is 2.37. The lowest BCUT2D eigenvalue weighted by Gasteiger charge is -2.16. The van der Waals surface area contributed by atoms with E-state index in [1.54, 1.807) is 6.07 Å². The van der Waals surface area contributed by atoms with Crippen molar-refractivity contribution in [2.45, 2.75) is 12.7 Å². The summed E-state index contributed by atoms with van der Waals surface area (Å²) in [6.07, 6.45) is -0.776. The van der Waals surface area contributed by atoms with Crippen molar-refractivity contribution < 1.29 is 18.6 Å². The van der Waals surface area contributed by atoms with Crippen molar-refractivity contribution >= 4 is 49.1 Å². The first kappa shape index (κ1) is 15.9. The van der Waals surface area contributed by atoms with E-state index in [4.69, 9.17) is 11.6 Å². The van der Waals surface area contributed by atoms with E-state index in [0.717, 1.165) is 0 Å². The number of nitrogens with one attached hydrogen (secondary N) is 1. The van der Waals surface area contributed by atoms with Gasteiger partial charge in [-0.15, -0.1) is 11.6 Å². The third-order valence-electron chi connectivity index (χ3n) is 1.93. The summed E-state index contributed by atoms with van der Waals surface area (Å²) in [5, 5.41) is 12.1. The monoisotopic (exact) mass is 407 g/mol. The maximum atomic E-state index is 12.3. The molecular formula is C10H10Br2ClF2NO2. The summed E-state index contributed by atoms with van der Waals surface area (Å²) in [5.41, 5.74) is 0.336. The van der Waals surface area contributed by atoms with Gasteiger partial charge in [0.05, 0.1) is 17.7 Å². The molecule has 0 aliphatic carbocycles. The van der Waals surface area contributed by atoms with Gasteiger partial charge in [0.2, 0.25) is 0 Å². The molecule has 0 heterocycles. The van der Waals surface area contributed by atoms with E-state index in [9.17, 15) is 13.9 Å². The normalized spacial score (nSPS) is 12.6. The van der Waals surface area contributed by atoms with E-state index >= 15 is 0 Å². The fourth-order valence-corrected chi connectivity index (χ4v) is 2.62. The number of benzene rings is 1. The molecule has 102 valence electrons.